The second kappa shape index (κ2) is 13.5. The molecule has 0 bridgehead atoms. The van der Waals surface area contributed by atoms with Crippen LogP contribution in [0.3, 0.4) is 0 Å². The number of hydrogen-bond donors (Lipinski definition) is 3. The largest absolute Gasteiger partial charge is 0.507 e. The van der Waals surface area contributed by atoms with Crippen molar-refractivity contribution in [3.05, 3.63) is 101 Å². The molecule has 0 unspecified atom stereocenters. The summed E-state index contributed by atoms with van der Waals surface area (Å²) >= 11 is 3.48. The van der Waals surface area contributed by atoms with Gasteiger partial charge in [-0.1, -0.05) is 66.7 Å². The van der Waals surface area contributed by atoms with Crippen molar-refractivity contribution in [1.82, 2.24) is 19.9 Å². The molecular formula is C30H30BrN5O2. The molecule has 0 atom stereocenters. The van der Waals surface area contributed by atoms with Crippen molar-refractivity contribution in [3.8, 4) is 28.1 Å². The summed E-state index contributed by atoms with van der Waals surface area (Å²) in [7, 11) is 1.96. The van der Waals surface area contributed by atoms with Crippen LogP contribution in [0.5, 0.6) is 5.75 Å². The van der Waals surface area contributed by atoms with Crippen LogP contribution in [0, 0.1) is 0 Å². The molecule has 0 aliphatic carbocycles. The third kappa shape index (κ3) is 6.65. The molecule has 194 valence electrons. The number of unbranched alkanes of at least 4 members (excludes halogenated alkanes) is 1. The van der Waals surface area contributed by atoms with Gasteiger partial charge in [-0.15, -0.1) is 0 Å². The fourth-order valence-electron chi connectivity index (χ4n) is 4.01. The molecule has 2 aromatic heterocycles. The quantitative estimate of drug-likeness (QED) is 0.139. The number of aromatic nitrogens is 3. The molecule has 2 heterocycles. The van der Waals surface area contributed by atoms with Crippen molar-refractivity contribution in [2.75, 3.05) is 25.5 Å². The predicted molar refractivity (Wildman–Crippen MR) is 157 cm³/mol. The lowest BCUT2D eigenvalue weighted by Gasteiger charge is -2.11. The van der Waals surface area contributed by atoms with E-state index in [0.29, 0.717) is 16.9 Å². The number of carbonyl (C=O) groups is 1. The Bertz CT molecular complexity index is 1490. The van der Waals surface area contributed by atoms with Gasteiger partial charge in [-0.2, -0.15) is 9.61 Å². The van der Waals surface area contributed by atoms with Gasteiger partial charge in [-0.3, -0.25) is 4.79 Å². The third-order valence-electron chi connectivity index (χ3n) is 5.94. The van der Waals surface area contributed by atoms with Crippen molar-refractivity contribution >= 4 is 33.7 Å². The maximum Gasteiger partial charge on any atom is 0.172 e. The minimum atomic E-state index is 0.213. The van der Waals surface area contributed by atoms with Gasteiger partial charge in [-0.25, -0.2) is 4.98 Å². The average Bonchev–Trinajstić information content (AvgIpc) is 3.34. The number of rotatable bonds is 9. The maximum atomic E-state index is 10.8. The van der Waals surface area contributed by atoms with Crippen LogP contribution >= 0.6 is 15.9 Å². The predicted octanol–water partition coefficient (Wildman–Crippen LogP) is 6.44. The Balaban J connectivity index is 0.000000204. The summed E-state index contributed by atoms with van der Waals surface area (Å²) in [5, 5.41) is 21.0. The zero-order valence-electron chi connectivity index (χ0n) is 21.1. The van der Waals surface area contributed by atoms with Crippen molar-refractivity contribution in [1.29, 1.82) is 0 Å². The number of nitrogens with one attached hydrogen (secondary N) is 2. The number of hydrogen-bond acceptors (Lipinski definition) is 6. The van der Waals surface area contributed by atoms with Crippen LogP contribution in [0.1, 0.15) is 23.2 Å². The summed E-state index contributed by atoms with van der Waals surface area (Å²) in [6.45, 7) is 1.85. The second-order valence-corrected chi connectivity index (χ2v) is 9.43. The van der Waals surface area contributed by atoms with E-state index in [1.54, 1.807) is 22.8 Å². The molecule has 3 aromatic carbocycles. The van der Waals surface area contributed by atoms with Crippen molar-refractivity contribution in [2.24, 2.45) is 0 Å². The number of nitrogens with zero attached hydrogens (tertiary/aromatic N) is 3. The fraction of sp³-hybridized carbons (Fsp3) is 0.167. The van der Waals surface area contributed by atoms with Crippen molar-refractivity contribution in [3.63, 3.8) is 0 Å². The van der Waals surface area contributed by atoms with E-state index in [9.17, 15) is 9.90 Å². The van der Waals surface area contributed by atoms with Crippen molar-refractivity contribution < 1.29 is 9.90 Å². The topological polar surface area (TPSA) is 91.5 Å². The Hall–Kier alpha value is -4.01. The van der Waals surface area contributed by atoms with Crippen molar-refractivity contribution in [2.45, 2.75) is 12.8 Å². The van der Waals surface area contributed by atoms with Crippen LogP contribution in [-0.4, -0.2) is 46.1 Å². The van der Waals surface area contributed by atoms with E-state index in [4.69, 9.17) is 0 Å². The van der Waals surface area contributed by atoms with Gasteiger partial charge >= 0.3 is 0 Å². The van der Waals surface area contributed by atoms with Gasteiger partial charge in [-0.05, 0) is 65.6 Å². The van der Waals surface area contributed by atoms with Crippen LogP contribution in [0.25, 0.3) is 28.0 Å². The van der Waals surface area contributed by atoms with Gasteiger partial charge in [0.2, 0.25) is 0 Å². The minimum Gasteiger partial charge on any atom is -0.507 e. The summed E-state index contributed by atoms with van der Waals surface area (Å²) in [4.78, 5) is 15.4. The Morgan fingerprint density at radius 2 is 1.61 bits per heavy atom. The first kappa shape index (κ1) is 27.0. The SMILES string of the molecule is CNCCCCNc1cc(-c2ccccc2O)nc2c(Br)cnn12.O=Cc1ccccc1-c1ccccc1. The molecule has 0 saturated heterocycles. The molecule has 0 aliphatic rings. The highest BCUT2D eigenvalue weighted by atomic mass is 79.9. The lowest BCUT2D eigenvalue weighted by molar-refractivity contribution is 0.112. The normalized spacial score (nSPS) is 10.6. The van der Waals surface area contributed by atoms with E-state index in [0.717, 1.165) is 59.2 Å². The summed E-state index contributed by atoms with van der Waals surface area (Å²) in [5.41, 5.74) is 4.93. The number of halogens is 1. The highest BCUT2D eigenvalue weighted by Crippen LogP contribution is 2.31. The van der Waals surface area contributed by atoms with E-state index < -0.39 is 0 Å². The summed E-state index contributed by atoms with van der Waals surface area (Å²) in [6.07, 6.45) is 4.78. The van der Waals surface area contributed by atoms with Gasteiger partial charge in [0.25, 0.3) is 0 Å². The lowest BCUT2D eigenvalue weighted by atomic mass is 10.0. The molecule has 7 nitrogen and oxygen atoms in total. The van der Waals surface area contributed by atoms with Gasteiger partial charge in [0.05, 0.1) is 16.4 Å². The second-order valence-electron chi connectivity index (χ2n) is 8.58. The molecule has 0 aliphatic heterocycles. The number of carbonyl (C=O) groups excluding carboxylic acids is 1. The molecule has 0 amide bonds. The number of fused-ring (bicyclic) bond motifs is 1. The highest BCUT2D eigenvalue weighted by molar-refractivity contribution is 9.10. The maximum absolute atomic E-state index is 10.8. The summed E-state index contributed by atoms with van der Waals surface area (Å²) < 4.78 is 2.59. The molecule has 0 radical (unpaired) electrons. The molecule has 38 heavy (non-hydrogen) atoms. The Kier molecular flexibility index (Phi) is 9.61. The molecular weight excluding hydrogens is 542 g/mol. The average molecular weight is 573 g/mol. The van der Waals surface area contributed by atoms with E-state index in [-0.39, 0.29) is 5.75 Å². The number of phenolic OH excluding ortho intramolecular Hbond substituents is 1. The molecule has 3 N–H and O–H groups in total. The van der Waals surface area contributed by atoms with Crippen LogP contribution in [0.2, 0.25) is 0 Å². The van der Waals surface area contributed by atoms with E-state index in [1.807, 2.05) is 79.8 Å². The standard InChI is InChI=1S/C17H20BrN5O.C13H10O/c1-19-8-4-5-9-20-16-10-14(12-6-2-3-7-15(12)24)22-17-13(18)11-21-23(16)17;14-10-12-8-4-5-9-13(12)11-6-2-1-3-7-11/h2-3,6-7,10-11,19-20,24H,4-5,8-9H2,1H3;1-10H. The van der Waals surface area contributed by atoms with Crippen LogP contribution in [-0.2, 0) is 0 Å². The first-order chi connectivity index (χ1) is 18.6. The van der Waals surface area contributed by atoms with Crippen LogP contribution < -0.4 is 10.6 Å². The molecule has 5 aromatic rings. The first-order valence-electron chi connectivity index (χ1n) is 12.4. The number of para-hydroxylation sites is 1. The molecule has 0 saturated carbocycles. The zero-order chi connectivity index (χ0) is 26.7. The number of anilines is 1. The smallest absolute Gasteiger partial charge is 0.172 e. The van der Waals surface area contributed by atoms with Gasteiger partial charge < -0.3 is 15.7 Å². The molecule has 5 rings (SSSR count). The Labute approximate surface area is 230 Å². The van der Waals surface area contributed by atoms with E-state index in [1.165, 1.54) is 0 Å². The number of aldehydes is 1. The number of benzene rings is 3. The summed E-state index contributed by atoms with van der Waals surface area (Å²) in [6, 6.07) is 26.6. The number of phenols is 1. The van der Waals surface area contributed by atoms with E-state index in [2.05, 4.69) is 36.6 Å². The first-order valence-corrected chi connectivity index (χ1v) is 13.2. The van der Waals surface area contributed by atoms with Crippen LogP contribution in [0.15, 0.2) is 95.6 Å². The molecule has 0 spiro atoms. The zero-order valence-corrected chi connectivity index (χ0v) is 22.7. The number of aromatic hydroxyl groups is 1. The van der Waals surface area contributed by atoms with E-state index >= 15 is 0 Å². The van der Waals surface area contributed by atoms with Gasteiger partial charge in [0, 0.05) is 23.7 Å². The Morgan fingerprint density at radius 3 is 2.34 bits per heavy atom. The highest BCUT2D eigenvalue weighted by Gasteiger charge is 2.13. The minimum absolute atomic E-state index is 0.213. The Morgan fingerprint density at radius 1 is 0.921 bits per heavy atom. The monoisotopic (exact) mass is 571 g/mol. The van der Waals surface area contributed by atoms with Crippen LogP contribution in [0.4, 0.5) is 5.82 Å². The lowest BCUT2D eigenvalue weighted by Crippen LogP contribution is -2.12. The third-order valence-corrected chi connectivity index (χ3v) is 6.50. The summed E-state index contributed by atoms with van der Waals surface area (Å²) in [5.74, 6) is 1.07. The molecule has 0 fully saturated rings. The molecule has 8 heteroatoms. The van der Waals surface area contributed by atoms with Gasteiger partial charge in [0.15, 0.2) is 11.9 Å². The fourth-order valence-corrected chi connectivity index (χ4v) is 4.36. The van der Waals surface area contributed by atoms with Gasteiger partial charge in [0.1, 0.15) is 11.6 Å².